The van der Waals surface area contributed by atoms with Crippen molar-refractivity contribution in [3.8, 4) is 0 Å². The van der Waals surface area contributed by atoms with Gasteiger partial charge in [0, 0.05) is 13.0 Å². The van der Waals surface area contributed by atoms with Crippen molar-refractivity contribution in [1.29, 1.82) is 0 Å². The van der Waals surface area contributed by atoms with Crippen LogP contribution in [0, 0.1) is 5.92 Å². The first-order valence-electron chi connectivity index (χ1n) is 7.29. The van der Waals surface area contributed by atoms with Crippen molar-refractivity contribution >= 4 is 0 Å². The topological polar surface area (TPSA) is 60.2 Å². The minimum absolute atomic E-state index is 0.467. The van der Waals surface area contributed by atoms with Crippen LogP contribution in [0.25, 0.3) is 0 Å². The minimum Gasteiger partial charge on any atom is -0.368 e. The summed E-state index contributed by atoms with van der Waals surface area (Å²) >= 11 is 0. The van der Waals surface area contributed by atoms with Crippen LogP contribution in [0.3, 0.4) is 0 Å². The first-order valence-corrected chi connectivity index (χ1v) is 7.29. The molecular weight excluding hydrogens is 242 g/mol. The smallest absolute Gasteiger partial charge is 0.226 e. The summed E-state index contributed by atoms with van der Waals surface area (Å²) < 4.78 is 11.0. The number of aromatic nitrogens is 2. The summed E-state index contributed by atoms with van der Waals surface area (Å²) in [5.74, 6) is 2.17. The quantitative estimate of drug-likeness (QED) is 0.856. The Morgan fingerprint density at radius 1 is 1.37 bits per heavy atom. The van der Waals surface area contributed by atoms with E-state index in [2.05, 4.69) is 15.5 Å². The van der Waals surface area contributed by atoms with Crippen LogP contribution in [0.1, 0.15) is 51.7 Å². The summed E-state index contributed by atoms with van der Waals surface area (Å²) in [5.41, 5.74) is -0.467. The number of nitrogens with zero attached hydrogens (tertiary/aromatic N) is 2. The molecule has 19 heavy (non-hydrogen) atoms. The highest BCUT2D eigenvalue weighted by molar-refractivity contribution is 4.97. The zero-order chi connectivity index (χ0) is 13.7. The van der Waals surface area contributed by atoms with Gasteiger partial charge in [-0.3, -0.25) is 0 Å². The van der Waals surface area contributed by atoms with Crippen LogP contribution >= 0.6 is 0 Å². The predicted molar refractivity (Wildman–Crippen MR) is 72.9 cm³/mol. The molecule has 108 valence electrons. The molecule has 1 aliphatic rings. The van der Waals surface area contributed by atoms with Gasteiger partial charge in [-0.15, -0.1) is 0 Å². The molecule has 0 saturated carbocycles. The lowest BCUT2D eigenvalue weighted by atomic mass is 9.93. The summed E-state index contributed by atoms with van der Waals surface area (Å²) in [6.45, 7) is 8.83. The molecular formula is C14H25N3O2. The Labute approximate surface area is 115 Å². The van der Waals surface area contributed by atoms with Crippen LogP contribution in [0.4, 0.5) is 0 Å². The first kappa shape index (κ1) is 14.5. The summed E-state index contributed by atoms with van der Waals surface area (Å²) in [6, 6.07) is 0. The van der Waals surface area contributed by atoms with Gasteiger partial charge in [-0.25, -0.2) is 0 Å². The lowest BCUT2D eigenvalue weighted by Crippen LogP contribution is -2.27. The first-order chi connectivity index (χ1) is 9.12. The second-order valence-electron chi connectivity index (χ2n) is 5.69. The van der Waals surface area contributed by atoms with Gasteiger partial charge in [-0.2, -0.15) is 4.98 Å². The van der Waals surface area contributed by atoms with Crippen molar-refractivity contribution in [3.05, 3.63) is 11.7 Å². The van der Waals surface area contributed by atoms with Crippen molar-refractivity contribution < 1.29 is 9.26 Å². The Morgan fingerprint density at radius 3 is 2.79 bits per heavy atom. The Kier molecular flexibility index (Phi) is 4.93. The van der Waals surface area contributed by atoms with Gasteiger partial charge in [0.25, 0.3) is 0 Å². The zero-order valence-corrected chi connectivity index (χ0v) is 12.2. The summed E-state index contributed by atoms with van der Waals surface area (Å²) in [5, 5.41) is 7.43. The molecule has 5 heteroatoms. The highest BCUT2D eigenvalue weighted by atomic mass is 16.5. The van der Waals surface area contributed by atoms with Crippen molar-refractivity contribution in [2.75, 3.05) is 19.7 Å². The van der Waals surface area contributed by atoms with E-state index in [0.29, 0.717) is 12.4 Å². The highest BCUT2D eigenvalue weighted by Gasteiger charge is 2.27. The molecule has 1 saturated heterocycles. The van der Waals surface area contributed by atoms with Crippen molar-refractivity contribution in [2.45, 2.75) is 52.1 Å². The van der Waals surface area contributed by atoms with Gasteiger partial charge in [-0.05, 0) is 59.0 Å². The molecule has 1 aliphatic heterocycles. The molecule has 2 rings (SSSR count). The van der Waals surface area contributed by atoms with Crippen LogP contribution < -0.4 is 5.32 Å². The molecule has 0 amide bonds. The Morgan fingerprint density at radius 2 is 2.11 bits per heavy atom. The maximum atomic E-state index is 5.63. The van der Waals surface area contributed by atoms with E-state index in [1.807, 2.05) is 20.8 Å². The van der Waals surface area contributed by atoms with Gasteiger partial charge in [0.05, 0.1) is 0 Å². The van der Waals surface area contributed by atoms with E-state index in [-0.39, 0.29) is 0 Å². The minimum atomic E-state index is -0.467. The lowest BCUT2D eigenvalue weighted by molar-refractivity contribution is -0.0221. The third-order valence-electron chi connectivity index (χ3n) is 3.74. The molecule has 1 aromatic rings. The number of nitrogens with one attached hydrogen (secondary N) is 1. The molecule has 0 aromatic carbocycles. The molecule has 0 radical (unpaired) electrons. The van der Waals surface area contributed by atoms with Crippen LogP contribution in [-0.2, 0) is 16.8 Å². The van der Waals surface area contributed by atoms with Gasteiger partial charge in [-0.1, -0.05) is 5.16 Å². The number of hydrogen-bond donors (Lipinski definition) is 1. The number of ether oxygens (including phenoxy) is 1. The van der Waals surface area contributed by atoms with E-state index in [0.717, 1.165) is 37.7 Å². The van der Waals surface area contributed by atoms with E-state index in [1.54, 1.807) is 0 Å². The zero-order valence-electron chi connectivity index (χ0n) is 12.2. The SMILES string of the molecule is CCOC(C)(C)c1noc(CCC2CCNCC2)n1. The fourth-order valence-electron chi connectivity index (χ4n) is 2.52. The van der Waals surface area contributed by atoms with Crippen LogP contribution in [-0.4, -0.2) is 29.8 Å². The maximum Gasteiger partial charge on any atom is 0.226 e. The van der Waals surface area contributed by atoms with Crippen LogP contribution in [0.2, 0.25) is 0 Å². The highest BCUT2D eigenvalue weighted by Crippen LogP contribution is 2.23. The third-order valence-corrected chi connectivity index (χ3v) is 3.74. The van der Waals surface area contributed by atoms with Gasteiger partial charge < -0.3 is 14.6 Å². The second-order valence-corrected chi connectivity index (χ2v) is 5.69. The van der Waals surface area contributed by atoms with Crippen LogP contribution in [0.5, 0.6) is 0 Å². The van der Waals surface area contributed by atoms with E-state index < -0.39 is 5.60 Å². The van der Waals surface area contributed by atoms with Gasteiger partial charge >= 0.3 is 0 Å². The second kappa shape index (κ2) is 6.48. The largest absolute Gasteiger partial charge is 0.368 e. The van der Waals surface area contributed by atoms with Crippen molar-refractivity contribution in [3.63, 3.8) is 0 Å². The number of aryl methyl sites for hydroxylation is 1. The summed E-state index contributed by atoms with van der Waals surface area (Å²) in [7, 11) is 0. The predicted octanol–water partition coefficient (Wildman–Crippen LogP) is 2.27. The number of hydrogen-bond acceptors (Lipinski definition) is 5. The monoisotopic (exact) mass is 267 g/mol. The molecule has 5 nitrogen and oxygen atoms in total. The standard InChI is InChI=1S/C14H25N3O2/c1-4-18-14(2,3)13-16-12(19-17-13)6-5-11-7-9-15-10-8-11/h11,15H,4-10H2,1-3H3. The fourth-order valence-corrected chi connectivity index (χ4v) is 2.52. The van der Waals surface area contributed by atoms with E-state index in [1.165, 1.54) is 12.8 Å². The Bertz CT molecular complexity index is 384. The molecule has 0 unspecified atom stereocenters. The number of piperidine rings is 1. The molecule has 0 aliphatic carbocycles. The summed E-state index contributed by atoms with van der Waals surface area (Å²) in [6.07, 6.45) is 4.52. The van der Waals surface area contributed by atoms with Gasteiger partial charge in [0.2, 0.25) is 11.7 Å². The van der Waals surface area contributed by atoms with Gasteiger partial charge in [0.15, 0.2) is 0 Å². The lowest BCUT2D eigenvalue weighted by Gasteiger charge is -2.21. The van der Waals surface area contributed by atoms with E-state index >= 15 is 0 Å². The van der Waals surface area contributed by atoms with Gasteiger partial charge in [0.1, 0.15) is 5.60 Å². The van der Waals surface area contributed by atoms with Crippen molar-refractivity contribution in [2.24, 2.45) is 5.92 Å². The van der Waals surface area contributed by atoms with Crippen molar-refractivity contribution in [1.82, 2.24) is 15.5 Å². The average Bonchev–Trinajstić information content (AvgIpc) is 2.87. The average molecular weight is 267 g/mol. The van der Waals surface area contributed by atoms with E-state index in [4.69, 9.17) is 9.26 Å². The molecule has 2 heterocycles. The maximum absolute atomic E-state index is 5.63. The fraction of sp³-hybridized carbons (Fsp3) is 0.857. The number of rotatable bonds is 6. The normalized spacial score (nSPS) is 17.8. The Hall–Kier alpha value is -0.940. The molecule has 1 aromatic heterocycles. The van der Waals surface area contributed by atoms with E-state index in [9.17, 15) is 0 Å². The summed E-state index contributed by atoms with van der Waals surface area (Å²) in [4.78, 5) is 4.47. The molecule has 1 fully saturated rings. The Balaban J connectivity index is 1.86. The molecule has 1 N–H and O–H groups in total. The molecule has 0 bridgehead atoms. The molecule has 0 spiro atoms. The molecule has 0 atom stereocenters. The third kappa shape index (κ3) is 4.01. The van der Waals surface area contributed by atoms with Crippen LogP contribution in [0.15, 0.2) is 4.52 Å².